The van der Waals surface area contributed by atoms with E-state index in [1.807, 2.05) is 78.9 Å². The molecule has 0 radical (unpaired) electrons. The highest BCUT2D eigenvalue weighted by Crippen LogP contribution is 2.27. The SMILES string of the molecule is O=C(O)CCc1cc(OCc2ccccc2)ccc1OCc1ccccc1. The van der Waals surface area contributed by atoms with Gasteiger partial charge in [0.1, 0.15) is 24.7 Å². The number of rotatable bonds is 9. The Labute approximate surface area is 159 Å². The summed E-state index contributed by atoms with van der Waals surface area (Å²) in [5.41, 5.74) is 2.97. The van der Waals surface area contributed by atoms with Gasteiger partial charge in [0.2, 0.25) is 0 Å². The lowest BCUT2D eigenvalue weighted by Gasteiger charge is -2.14. The van der Waals surface area contributed by atoms with Crippen LogP contribution in [0.25, 0.3) is 0 Å². The van der Waals surface area contributed by atoms with E-state index in [2.05, 4.69) is 0 Å². The van der Waals surface area contributed by atoms with Crippen LogP contribution in [0.4, 0.5) is 0 Å². The zero-order valence-corrected chi connectivity index (χ0v) is 15.0. The molecule has 0 saturated carbocycles. The summed E-state index contributed by atoms with van der Waals surface area (Å²) in [6.45, 7) is 0.897. The average Bonchev–Trinajstić information content (AvgIpc) is 2.71. The minimum Gasteiger partial charge on any atom is -0.489 e. The maximum Gasteiger partial charge on any atom is 0.303 e. The van der Waals surface area contributed by atoms with E-state index >= 15 is 0 Å². The van der Waals surface area contributed by atoms with Crippen LogP contribution >= 0.6 is 0 Å². The van der Waals surface area contributed by atoms with E-state index in [-0.39, 0.29) is 6.42 Å². The van der Waals surface area contributed by atoms with Crippen LogP contribution in [-0.4, -0.2) is 11.1 Å². The first-order valence-corrected chi connectivity index (χ1v) is 8.89. The molecular weight excluding hydrogens is 340 g/mol. The Bertz CT molecular complexity index is 860. The third kappa shape index (κ3) is 5.89. The summed E-state index contributed by atoms with van der Waals surface area (Å²) in [5.74, 6) is 0.554. The van der Waals surface area contributed by atoms with Crippen LogP contribution in [0.2, 0.25) is 0 Å². The molecule has 0 unspecified atom stereocenters. The summed E-state index contributed by atoms with van der Waals surface area (Å²) in [4.78, 5) is 11.0. The molecule has 0 atom stereocenters. The monoisotopic (exact) mass is 362 g/mol. The van der Waals surface area contributed by atoms with E-state index in [0.717, 1.165) is 16.7 Å². The number of carbonyl (C=O) groups is 1. The van der Waals surface area contributed by atoms with Crippen molar-refractivity contribution >= 4 is 5.97 Å². The first-order valence-electron chi connectivity index (χ1n) is 8.89. The van der Waals surface area contributed by atoms with Gasteiger partial charge < -0.3 is 14.6 Å². The molecule has 0 aliphatic rings. The Morgan fingerprint density at radius 2 is 1.37 bits per heavy atom. The number of carboxylic acids is 1. The van der Waals surface area contributed by atoms with Crippen LogP contribution in [0.1, 0.15) is 23.1 Å². The molecule has 3 aromatic carbocycles. The third-order valence-corrected chi connectivity index (χ3v) is 4.13. The number of benzene rings is 3. The molecule has 0 fully saturated rings. The molecule has 0 amide bonds. The second-order valence-corrected chi connectivity index (χ2v) is 6.21. The second-order valence-electron chi connectivity index (χ2n) is 6.21. The van der Waals surface area contributed by atoms with E-state index in [1.54, 1.807) is 0 Å². The van der Waals surface area contributed by atoms with Crippen molar-refractivity contribution in [1.82, 2.24) is 0 Å². The Kier molecular flexibility index (Phi) is 6.47. The maximum atomic E-state index is 11.0. The average molecular weight is 362 g/mol. The van der Waals surface area contributed by atoms with E-state index in [0.29, 0.717) is 31.1 Å². The molecule has 4 heteroatoms. The molecular formula is C23H22O4. The topological polar surface area (TPSA) is 55.8 Å². The summed E-state index contributed by atoms with van der Waals surface area (Å²) in [6.07, 6.45) is 0.436. The van der Waals surface area contributed by atoms with Gasteiger partial charge in [0.25, 0.3) is 0 Å². The number of hydrogen-bond donors (Lipinski definition) is 1. The summed E-state index contributed by atoms with van der Waals surface area (Å²) >= 11 is 0. The quantitative estimate of drug-likeness (QED) is 0.590. The summed E-state index contributed by atoms with van der Waals surface area (Å²) in [7, 11) is 0. The normalized spacial score (nSPS) is 10.4. The molecule has 0 saturated heterocycles. The van der Waals surface area contributed by atoms with Crippen LogP contribution in [0.5, 0.6) is 11.5 Å². The predicted octanol–water partition coefficient (Wildman–Crippen LogP) is 4.86. The van der Waals surface area contributed by atoms with Crippen molar-refractivity contribution in [3.05, 3.63) is 95.6 Å². The number of hydrogen-bond acceptors (Lipinski definition) is 3. The molecule has 3 rings (SSSR count). The highest BCUT2D eigenvalue weighted by Gasteiger charge is 2.09. The largest absolute Gasteiger partial charge is 0.489 e. The van der Waals surface area contributed by atoms with Gasteiger partial charge in [-0.3, -0.25) is 4.79 Å². The van der Waals surface area contributed by atoms with E-state index in [4.69, 9.17) is 14.6 Å². The van der Waals surface area contributed by atoms with Gasteiger partial charge in [0.05, 0.1) is 0 Å². The zero-order valence-electron chi connectivity index (χ0n) is 15.0. The van der Waals surface area contributed by atoms with Crippen LogP contribution in [0.15, 0.2) is 78.9 Å². The molecule has 138 valence electrons. The van der Waals surface area contributed by atoms with Crippen LogP contribution < -0.4 is 9.47 Å². The fraction of sp³-hybridized carbons (Fsp3) is 0.174. The third-order valence-electron chi connectivity index (χ3n) is 4.13. The highest BCUT2D eigenvalue weighted by atomic mass is 16.5. The lowest BCUT2D eigenvalue weighted by Crippen LogP contribution is -2.03. The summed E-state index contributed by atoms with van der Waals surface area (Å²) < 4.78 is 11.8. The van der Waals surface area contributed by atoms with Crippen molar-refractivity contribution in [3.63, 3.8) is 0 Å². The number of aliphatic carboxylic acids is 1. The van der Waals surface area contributed by atoms with Gasteiger partial charge >= 0.3 is 5.97 Å². The number of aryl methyl sites for hydroxylation is 1. The van der Waals surface area contributed by atoms with E-state index in [9.17, 15) is 4.79 Å². The molecule has 0 bridgehead atoms. The molecule has 0 aliphatic heterocycles. The van der Waals surface area contributed by atoms with Gasteiger partial charge in [-0.25, -0.2) is 0 Å². The van der Waals surface area contributed by atoms with Gasteiger partial charge in [-0.1, -0.05) is 60.7 Å². The van der Waals surface area contributed by atoms with Gasteiger partial charge in [0.15, 0.2) is 0 Å². The minimum absolute atomic E-state index is 0.0455. The van der Waals surface area contributed by atoms with Crippen molar-refractivity contribution in [2.24, 2.45) is 0 Å². The van der Waals surface area contributed by atoms with E-state index < -0.39 is 5.97 Å². The molecule has 27 heavy (non-hydrogen) atoms. The molecule has 0 aliphatic carbocycles. The Hall–Kier alpha value is -3.27. The van der Waals surface area contributed by atoms with Crippen LogP contribution in [-0.2, 0) is 24.4 Å². The van der Waals surface area contributed by atoms with Crippen LogP contribution in [0.3, 0.4) is 0 Å². The second kappa shape index (κ2) is 9.43. The molecule has 3 aromatic rings. The van der Waals surface area contributed by atoms with Gasteiger partial charge in [-0.2, -0.15) is 0 Å². The van der Waals surface area contributed by atoms with Crippen molar-refractivity contribution in [3.8, 4) is 11.5 Å². The van der Waals surface area contributed by atoms with Crippen molar-refractivity contribution < 1.29 is 19.4 Å². The van der Waals surface area contributed by atoms with Gasteiger partial charge in [-0.15, -0.1) is 0 Å². The molecule has 4 nitrogen and oxygen atoms in total. The molecule has 0 aromatic heterocycles. The zero-order chi connectivity index (χ0) is 18.9. The number of carboxylic acid groups (broad SMARTS) is 1. The Morgan fingerprint density at radius 3 is 1.96 bits per heavy atom. The molecule has 1 N–H and O–H groups in total. The van der Waals surface area contributed by atoms with Gasteiger partial charge in [-0.05, 0) is 41.3 Å². The van der Waals surface area contributed by atoms with Crippen molar-refractivity contribution in [2.75, 3.05) is 0 Å². The Balaban J connectivity index is 1.70. The van der Waals surface area contributed by atoms with Gasteiger partial charge in [0, 0.05) is 6.42 Å². The van der Waals surface area contributed by atoms with Crippen LogP contribution in [0, 0.1) is 0 Å². The first-order chi connectivity index (χ1) is 13.2. The lowest BCUT2D eigenvalue weighted by molar-refractivity contribution is -0.136. The van der Waals surface area contributed by atoms with E-state index in [1.165, 1.54) is 0 Å². The molecule has 0 heterocycles. The maximum absolute atomic E-state index is 11.0. The molecule has 0 spiro atoms. The number of ether oxygens (including phenoxy) is 2. The first kappa shape index (κ1) is 18.5. The predicted molar refractivity (Wildman–Crippen MR) is 104 cm³/mol. The lowest BCUT2D eigenvalue weighted by atomic mass is 10.1. The summed E-state index contributed by atoms with van der Waals surface area (Å²) in [5, 5.41) is 9.02. The Morgan fingerprint density at radius 1 is 0.778 bits per heavy atom. The fourth-order valence-electron chi connectivity index (χ4n) is 2.70. The standard InChI is InChI=1S/C23H22O4/c24-23(25)14-11-20-15-21(26-16-18-7-3-1-4-8-18)12-13-22(20)27-17-19-9-5-2-6-10-19/h1-10,12-13,15H,11,14,16-17H2,(H,24,25). The van der Waals surface area contributed by atoms with Crippen molar-refractivity contribution in [2.45, 2.75) is 26.1 Å². The summed E-state index contributed by atoms with van der Waals surface area (Å²) in [6, 6.07) is 25.4. The van der Waals surface area contributed by atoms with Crippen molar-refractivity contribution in [1.29, 1.82) is 0 Å². The minimum atomic E-state index is -0.834. The highest BCUT2D eigenvalue weighted by molar-refractivity contribution is 5.67. The fourth-order valence-corrected chi connectivity index (χ4v) is 2.70. The smallest absolute Gasteiger partial charge is 0.303 e.